The largest absolute Gasteiger partial charge is 0.507 e. The van der Waals surface area contributed by atoms with Crippen molar-refractivity contribution >= 4 is 17.4 Å². The van der Waals surface area contributed by atoms with Gasteiger partial charge in [0, 0.05) is 18.5 Å². The first kappa shape index (κ1) is 28.3. The lowest BCUT2D eigenvalue weighted by Crippen LogP contribution is -2.29. The zero-order valence-corrected chi connectivity index (χ0v) is 24.1. The number of Topliss-reactive ketones (excluding diaryl/α,β-unsaturated/α-hetero) is 1. The highest BCUT2D eigenvalue weighted by atomic mass is 16.5. The van der Waals surface area contributed by atoms with E-state index in [0.29, 0.717) is 48.2 Å². The highest BCUT2D eigenvalue weighted by Crippen LogP contribution is 2.43. The second-order valence-corrected chi connectivity index (χ2v) is 11.0. The van der Waals surface area contributed by atoms with Crippen LogP contribution in [0.4, 0.5) is 0 Å². The third-order valence-electron chi connectivity index (χ3n) is 7.44. The van der Waals surface area contributed by atoms with E-state index in [0.717, 1.165) is 23.3 Å². The Morgan fingerprint density at radius 1 is 1.02 bits per heavy atom. The molecule has 0 aliphatic carbocycles. The Balaban J connectivity index is 1.60. The first-order chi connectivity index (χ1) is 19.8. The van der Waals surface area contributed by atoms with Crippen LogP contribution >= 0.6 is 0 Å². The summed E-state index contributed by atoms with van der Waals surface area (Å²) in [5.74, 6) is 0.812. The van der Waals surface area contributed by atoms with Gasteiger partial charge in [0.25, 0.3) is 11.7 Å². The van der Waals surface area contributed by atoms with Crippen molar-refractivity contribution in [2.45, 2.75) is 59.2 Å². The van der Waals surface area contributed by atoms with Crippen LogP contribution in [-0.4, -0.2) is 41.0 Å². The van der Waals surface area contributed by atoms with Crippen molar-refractivity contribution in [1.82, 2.24) is 4.90 Å². The predicted molar refractivity (Wildman–Crippen MR) is 157 cm³/mol. The number of ether oxygens (including phenoxy) is 3. The maximum absolute atomic E-state index is 13.6. The Morgan fingerprint density at radius 3 is 2.54 bits per heavy atom. The van der Waals surface area contributed by atoms with Gasteiger partial charge in [0.2, 0.25) is 0 Å². The van der Waals surface area contributed by atoms with Gasteiger partial charge in [-0.3, -0.25) is 9.59 Å². The van der Waals surface area contributed by atoms with Gasteiger partial charge in [0.1, 0.15) is 17.6 Å². The third kappa shape index (κ3) is 5.94. The number of ketones is 1. The Labute approximate surface area is 241 Å². The van der Waals surface area contributed by atoms with Gasteiger partial charge in [0.05, 0.1) is 24.8 Å². The Bertz CT molecular complexity index is 1460. The molecule has 0 aromatic heterocycles. The fourth-order valence-electron chi connectivity index (χ4n) is 5.38. The number of benzene rings is 3. The maximum atomic E-state index is 13.6. The lowest BCUT2D eigenvalue weighted by atomic mass is 9.94. The smallest absolute Gasteiger partial charge is 0.295 e. The summed E-state index contributed by atoms with van der Waals surface area (Å²) in [6.07, 6.45) is 1.64. The van der Waals surface area contributed by atoms with Gasteiger partial charge in [0.15, 0.2) is 11.5 Å². The van der Waals surface area contributed by atoms with Gasteiger partial charge in [-0.1, -0.05) is 50.2 Å². The number of aliphatic hydroxyl groups excluding tert-OH is 1. The minimum atomic E-state index is -0.817. The summed E-state index contributed by atoms with van der Waals surface area (Å²) in [6.45, 7) is 9.33. The van der Waals surface area contributed by atoms with E-state index >= 15 is 0 Å². The zero-order valence-electron chi connectivity index (χ0n) is 24.1. The van der Waals surface area contributed by atoms with E-state index in [2.05, 4.69) is 13.8 Å². The maximum Gasteiger partial charge on any atom is 0.295 e. The van der Waals surface area contributed by atoms with Crippen LogP contribution in [0, 0.1) is 5.92 Å². The first-order valence-electron chi connectivity index (χ1n) is 14.3. The highest BCUT2D eigenvalue weighted by molar-refractivity contribution is 6.46. The van der Waals surface area contributed by atoms with E-state index < -0.39 is 17.7 Å². The van der Waals surface area contributed by atoms with E-state index in [1.807, 2.05) is 68.4 Å². The number of carbonyl (C=O) groups excluding carboxylic acids is 2. The van der Waals surface area contributed by atoms with E-state index in [-0.39, 0.29) is 24.0 Å². The molecule has 214 valence electrons. The lowest BCUT2D eigenvalue weighted by Gasteiger charge is -2.26. The topological polar surface area (TPSA) is 85.3 Å². The van der Waals surface area contributed by atoms with Crippen molar-refractivity contribution in [2.75, 3.05) is 13.2 Å². The summed E-state index contributed by atoms with van der Waals surface area (Å²) in [6, 6.07) is 19.5. The molecular formula is C34H37NO6. The molecule has 2 atom stereocenters. The van der Waals surface area contributed by atoms with Crippen LogP contribution in [0.15, 0.2) is 72.3 Å². The number of nitrogens with zero attached hydrogens (tertiary/aromatic N) is 1. The van der Waals surface area contributed by atoms with E-state index in [1.165, 1.54) is 4.90 Å². The number of hydrogen-bond acceptors (Lipinski definition) is 6. The molecule has 0 radical (unpaired) electrons. The molecule has 41 heavy (non-hydrogen) atoms. The molecule has 0 bridgehead atoms. The van der Waals surface area contributed by atoms with Gasteiger partial charge in [-0.05, 0) is 73.2 Å². The van der Waals surface area contributed by atoms with Crippen molar-refractivity contribution < 1.29 is 28.9 Å². The summed E-state index contributed by atoms with van der Waals surface area (Å²) in [7, 11) is 0. The minimum Gasteiger partial charge on any atom is -0.507 e. The van der Waals surface area contributed by atoms with Crippen molar-refractivity contribution in [1.29, 1.82) is 0 Å². The standard InChI is InChI=1S/C34H37NO6/c1-5-39-29-19-24(11-14-28(29)40-16-15-21(2)3)31-30(32(36)25-12-13-27-26(18-25)17-22(4)41-27)33(37)34(38)35(31)20-23-9-7-6-8-10-23/h6-14,18-19,21-22,31,36H,5,15-17,20H2,1-4H3/t22-,31-/m1/s1. The van der Waals surface area contributed by atoms with E-state index in [1.54, 1.807) is 12.1 Å². The number of likely N-dealkylation sites (tertiary alicyclic amines) is 1. The molecule has 3 aromatic carbocycles. The Hall–Kier alpha value is -4.26. The van der Waals surface area contributed by atoms with Crippen molar-refractivity contribution in [3.63, 3.8) is 0 Å². The number of carbonyl (C=O) groups is 2. The molecular weight excluding hydrogens is 518 g/mol. The monoisotopic (exact) mass is 555 g/mol. The molecule has 3 aromatic rings. The fraction of sp³-hybridized carbons (Fsp3) is 0.353. The first-order valence-corrected chi connectivity index (χ1v) is 14.3. The molecule has 7 heteroatoms. The number of amides is 1. The van der Waals surface area contributed by atoms with Crippen LogP contribution in [-0.2, 0) is 22.6 Å². The van der Waals surface area contributed by atoms with E-state index in [4.69, 9.17) is 14.2 Å². The predicted octanol–water partition coefficient (Wildman–Crippen LogP) is 6.46. The minimum absolute atomic E-state index is 0.0390. The van der Waals surface area contributed by atoms with Crippen molar-refractivity contribution in [3.05, 3.63) is 94.6 Å². The molecule has 2 heterocycles. The van der Waals surface area contributed by atoms with Crippen molar-refractivity contribution in [3.8, 4) is 17.2 Å². The molecule has 2 aliphatic heterocycles. The summed E-state index contributed by atoms with van der Waals surface area (Å²) in [5.41, 5.74) is 3.01. The molecule has 1 N–H and O–H groups in total. The van der Waals surface area contributed by atoms with Gasteiger partial charge in [-0.15, -0.1) is 0 Å². The molecule has 1 saturated heterocycles. The number of rotatable bonds is 10. The summed E-state index contributed by atoms with van der Waals surface area (Å²) in [4.78, 5) is 28.6. The molecule has 0 unspecified atom stereocenters. The molecule has 2 aliphatic rings. The van der Waals surface area contributed by atoms with Gasteiger partial charge in [-0.2, -0.15) is 0 Å². The third-order valence-corrected chi connectivity index (χ3v) is 7.44. The summed E-state index contributed by atoms with van der Waals surface area (Å²) >= 11 is 0. The Morgan fingerprint density at radius 2 is 1.80 bits per heavy atom. The molecule has 1 fully saturated rings. The van der Waals surface area contributed by atoms with Gasteiger partial charge < -0.3 is 24.2 Å². The number of hydrogen-bond donors (Lipinski definition) is 1. The van der Waals surface area contributed by atoms with Crippen LogP contribution in [0.25, 0.3) is 5.76 Å². The summed E-state index contributed by atoms with van der Waals surface area (Å²) < 4.78 is 17.8. The fourth-order valence-corrected chi connectivity index (χ4v) is 5.38. The number of aliphatic hydroxyl groups is 1. The average molecular weight is 556 g/mol. The SMILES string of the molecule is CCOc1cc([C@@H]2C(=C(O)c3ccc4c(c3)C[C@@H](C)O4)C(=O)C(=O)N2Cc2ccccc2)ccc1OCCC(C)C. The van der Waals surface area contributed by atoms with Crippen LogP contribution in [0.5, 0.6) is 17.2 Å². The van der Waals surface area contributed by atoms with Crippen LogP contribution in [0.1, 0.15) is 62.4 Å². The average Bonchev–Trinajstić information content (AvgIpc) is 3.45. The zero-order chi connectivity index (χ0) is 29.1. The summed E-state index contributed by atoms with van der Waals surface area (Å²) in [5, 5.41) is 11.6. The van der Waals surface area contributed by atoms with Gasteiger partial charge >= 0.3 is 0 Å². The Kier molecular flexibility index (Phi) is 8.34. The highest BCUT2D eigenvalue weighted by Gasteiger charge is 2.46. The van der Waals surface area contributed by atoms with E-state index in [9.17, 15) is 14.7 Å². The second kappa shape index (κ2) is 12.1. The molecule has 0 saturated carbocycles. The van der Waals surface area contributed by atoms with Gasteiger partial charge in [-0.25, -0.2) is 0 Å². The quantitative estimate of drug-likeness (QED) is 0.176. The normalized spacial score (nSPS) is 19.4. The molecule has 0 spiro atoms. The van der Waals surface area contributed by atoms with Crippen LogP contribution < -0.4 is 14.2 Å². The number of fused-ring (bicyclic) bond motifs is 1. The molecule has 7 nitrogen and oxygen atoms in total. The molecule has 1 amide bonds. The second-order valence-electron chi connectivity index (χ2n) is 11.0. The lowest BCUT2D eigenvalue weighted by molar-refractivity contribution is -0.140. The van der Waals surface area contributed by atoms with Crippen molar-refractivity contribution in [2.24, 2.45) is 5.92 Å². The van der Waals surface area contributed by atoms with Crippen LogP contribution in [0.3, 0.4) is 0 Å². The molecule has 5 rings (SSSR count). The van der Waals surface area contributed by atoms with Crippen LogP contribution in [0.2, 0.25) is 0 Å².